The Morgan fingerprint density at radius 3 is 2.71 bits per heavy atom. The second-order valence-electron chi connectivity index (χ2n) is 3.43. The molecule has 0 amide bonds. The topological polar surface area (TPSA) is 55.5 Å². The first-order valence-electron chi connectivity index (χ1n) is 4.87. The van der Waals surface area contributed by atoms with Crippen LogP contribution < -0.4 is 10.5 Å². The number of phenolic OH excluding ortho intramolecular Hbond substituents is 1. The van der Waals surface area contributed by atoms with Gasteiger partial charge in [0, 0.05) is 5.56 Å². The first-order chi connectivity index (χ1) is 7.74. The summed E-state index contributed by atoms with van der Waals surface area (Å²) in [5.74, 6) is 0.562. The number of hydrogen-bond donors (Lipinski definition) is 2. The SMILES string of the molecule is COc1cccc([C@@H](N)c2ccsc2)c1O.Cl. The van der Waals surface area contributed by atoms with E-state index in [4.69, 9.17) is 10.5 Å². The second kappa shape index (κ2) is 5.91. The predicted molar refractivity (Wildman–Crippen MR) is 72.3 cm³/mol. The lowest BCUT2D eigenvalue weighted by molar-refractivity contribution is 0.369. The van der Waals surface area contributed by atoms with E-state index in [0.29, 0.717) is 11.3 Å². The molecule has 2 aromatic rings. The van der Waals surface area contributed by atoms with E-state index in [9.17, 15) is 5.11 Å². The van der Waals surface area contributed by atoms with Crippen molar-refractivity contribution in [2.24, 2.45) is 5.73 Å². The largest absolute Gasteiger partial charge is 0.504 e. The molecule has 1 heterocycles. The van der Waals surface area contributed by atoms with Crippen LogP contribution in [-0.4, -0.2) is 12.2 Å². The van der Waals surface area contributed by atoms with Crippen molar-refractivity contribution in [3.63, 3.8) is 0 Å². The number of benzene rings is 1. The maximum absolute atomic E-state index is 9.96. The van der Waals surface area contributed by atoms with Crippen molar-refractivity contribution in [1.82, 2.24) is 0 Å². The number of ether oxygens (including phenoxy) is 1. The predicted octanol–water partition coefficient (Wildman–Crippen LogP) is 2.93. The molecule has 17 heavy (non-hydrogen) atoms. The molecule has 0 unspecified atom stereocenters. The quantitative estimate of drug-likeness (QED) is 0.902. The number of rotatable bonds is 3. The van der Waals surface area contributed by atoms with Crippen molar-refractivity contribution < 1.29 is 9.84 Å². The van der Waals surface area contributed by atoms with Gasteiger partial charge in [0.05, 0.1) is 13.2 Å². The number of thiophene rings is 1. The van der Waals surface area contributed by atoms with Gasteiger partial charge in [-0.2, -0.15) is 11.3 Å². The van der Waals surface area contributed by atoms with Crippen LogP contribution in [0.25, 0.3) is 0 Å². The van der Waals surface area contributed by atoms with Crippen molar-refractivity contribution in [2.45, 2.75) is 6.04 Å². The van der Waals surface area contributed by atoms with E-state index in [1.807, 2.05) is 22.9 Å². The minimum atomic E-state index is -0.318. The molecular weight excluding hydrogens is 258 g/mol. The average Bonchev–Trinajstić information content (AvgIpc) is 2.82. The van der Waals surface area contributed by atoms with Crippen LogP contribution in [0.1, 0.15) is 17.2 Å². The van der Waals surface area contributed by atoms with Crippen molar-refractivity contribution in [1.29, 1.82) is 0 Å². The summed E-state index contributed by atoms with van der Waals surface area (Å²) in [7, 11) is 1.52. The molecule has 5 heteroatoms. The molecule has 2 rings (SSSR count). The second-order valence-corrected chi connectivity index (χ2v) is 4.21. The fraction of sp³-hybridized carbons (Fsp3) is 0.167. The number of aromatic hydroxyl groups is 1. The highest BCUT2D eigenvalue weighted by Crippen LogP contribution is 2.35. The van der Waals surface area contributed by atoms with Crippen molar-refractivity contribution in [2.75, 3.05) is 7.11 Å². The third-order valence-corrected chi connectivity index (χ3v) is 3.19. The zero-order chi connectivity index (χ0) is 11.5. The van der Waals surface area contributed by atoms with Gasteiger partial charge in [-0.05, 0) is 28.5 Å². The average molecular weight is 272 g/mol. The summed E-state index contributed by atoms with van der Waals surface area (Å²) in [5.41, 5.74) is 7.75. The molecule has 0 bridgehead atoms. The fourth-order valence-electron chi connectivity index (χ4n) is 1.59. The van der Waals surface area contributed by atoms with Gasteiger partial charge in [0.2, 0.25) is 0 Å². The number of para-hydroxylation sites is 1. The summed E-state index contributed by atoms with van der Waals surface area (Å²) in [5, 5.41) is 13.9. The van der Waals surface area contributed by atoms with Crippen LogP contribution in [0.15, 0.2) is 35.0 Å². The van der Waals surface area contributed by atoms with Gasteiger partial charge in [-0.3, -0.25) is 0 Å². The molecule has 0 aliphatic rings. The normalized spacial score (nSPS) is 11.6. The van der Waals surface area contributed by atoms with Gasteiger partial charge in [-0.1, -0.05) is 12.1 Å². The van der Waals surface area contributed by atoms with E-state index >= 15 is 0 Å². The number of halogens is 1. The lowest BCUT2D eigenvalue weighted by atomic mass is 10.0. The smallest absolute Gasteiger partial charge is 0.162 e. The van der Waals surface area contributed by atoms with E-state index < -0.39 is 0 Å². The minimum absolute atomic E-state index is 0. The molecule has 92 valence electrons. The molecule has 1 aromatic heterocycles. The van der Waals surface area contributed by atoms with Gasteiger partial charge in [0.1, 0.15) is 0 Å². The first-order valence-corrected chi connectivity index (χ1v) is 5.82. The number of nitrogens with two attached hydrogens (primary N) is 1. The first kappa shape index (κ1) is 13.8. The molecule has 1 aromatic carbocycles. The van der Waals surface area contributed by atoms with E-state index in [-0.39, 0.29) is 24.2 Å². The Labute approximate surface area is 110 Å². The molecule has 0 radical (unpaired) electrons. The molecule has 3 nitrogen and oxygen atoms in total. The Morgan fingerprint density at radius 2 is 2.12 bits per heavy atom. The number of methoxy groups -OCH3 is 1. The lowest BCUT2D eigenvalue weighted by Crippen LogP contribution is -2.11. The monoisotopic (exact) mass is 271 g/mol. The molecule has 3 N–H and O–H groups in total. The summed E-state index contributed by atoms with van der Waals surface area (Å²) < 4.78 is 5.05. The minimum Gasteiger partial charge on any atom is -0.504 e. The van der Waals surface area contributed by atoms with Gasteiger partial charge < -0.3 is 15.6 Å². The summed E-state index contributed by atoms with van der Waals surface area (Å²) in [6.07, 6.45) is 0. The summed E-state index contributed by atoms with van der Waals surface area (Å²) in [4.78, 5) is 0. The molecule has 0 aliphatic carbocycles. The van der Waals surface area contributed by atoms with E-state index in [1.165, 1.54) is 7.11 Å². The molecule has 0 aliphatic heterocycles. The van der Waals surface area contributed by atoms with Gasteiger partial charge in [-0.25, -0.2) is 0 Å². The van der Waals surface area contributed by atoms with Crippen LogP contribution in [0, 0.1) is 0 Å². The number of phenols is 1. The fourth-order valence-corrected chi connectivity index (χ4v) is 2.28. The highest BCUT2D eigenvalue weighted by atomic mass is 35.5. The van der Waals surface area contributed by atoms with Crippen molar-refractivity contribution in [3.8, 4) is 11.5 Å². The van der Waals surface area contributed by atoms with Gasteiger partial charge in [0.25, 0.3) is 0 Å². The Balaban J connectivity index is 0.00000144. The molecule has 0 spiro atoms. The maximum Gasteiger partial charge on any atom is 0.162 e. The molecule has 0 saturated heterocycles. The Morgan fingerprint density at radius 1 is 1.35 bits per heavy atom. The van der Waals surface area contributed by atoms with Crippen LogP contribution in [0.3, 0.4) is 0 Å². The highest BCUT2D eigenvalue weighted by molar-refractivity contribution is 7.08. The van der Waals surface area contributed by atoms with Crippen LogP contribution >= 0.6 is 23.7 Å². The number of hydrogen-bond acceptors (Lipinski definition) is 4. The lowest BCUT2D eigenvalue weighted by Gasteiger charge is -2.14. The third-order valence-electron chi connectivity index (χ3n) is 2.49. The van der Waals surface area contributed by atoms with E-state index in [2.05, 4.69) is 0 Å². The van der Waals surface area contributed by atoms with Crippen LogP contribution in [0.2, 0.25) is 0 Å². The maximum atomic E-state index is 9.96. The van der Waals surface area contributed by atoms with E-state index in [1.54, 1.807) is 23.5 Å². The summed E-state index contributed by atoms with van der Waals surface area (Å²) in [6.45, 7) is 0. The van der Waals surface area contributed by atoms with E-state index in [0.717, 1.165) is 5.56 Å². The van der Waals surface area contributed by atoms with Crippen LogP contribution in [-0.2, 0) is 0 Å². The summed E-state index contributed by atoms with van der Waals surface area (Å²) >= 11 is 1.59. The molecular formula is C12H14ClNO2S. The molecule has 0 fully saturated rings. The molecule has 0 saturated carbocycles. The van der Waals surface area contributed by atoms with Crippen LogP contribution in [0.5, 0.6) is 11.5 Å². The standard InChI is InChI=1S/C12H13NO2S.ClH/c1-15-10-4-2-3-9(12(10)14)11(13)8-5-6-16-7-8;/h2-7,11,14H,13H2,1H3;1H/t11-;/m0./s1. The Kier molecular flexibility index (Phi) is 4.81. The Hall–Kier alpha value is -1.23. The molecule has 1 atom stereocenters. The highest BCUT2D eigenvalue weighted by Gasteiger charge is 2.15. The third kappa shape index (κ3) is 2.72. The summed E-state index contributed by atoms with van der Waals surface area (Å²) in [6, 6.07) is 6.97. The van der Waals surface area contributed by atoms with Crippen LogP contribution in [0.4, 0.5) is 0 Å². The zero-order valence-corrected chi connectivity index (χ0v) is 10.9. The Bertz CT molecular complexity index is 473. The van der Waals surface area contributed by atoms with Crippen molar-refractivity contribution in [3.05, 3.63) is 46.2 Å². The van der Waals surface area contributed by atoms with Gasteiger partial charge >= 0.3 is 0 Å². The zero-order valence-electron chi connectivity index (χ0n) is 9.29. The van der Waals surface area contributed by atoms with Gasteiger partial charge in [-0.15, -0.1) is 12.4 Å². The van der Waals surface area contributed by atoms with Crippen molar-refractivity contribution >= 4 is 23.7 Å². The van der Waals surface area contributed by atoms with Gasteiger partial charge in [0.15, 0.2) is 11.5 Å².